The third kappa shape index (κ3) is 6.47. The van der Waals surface area contributed by atoms with Crippen LogP contribution in [0.1, 0.15) is 42.1 Å². The van der Waals surface area contributed by atoms with Crippen LogP contribution in [0.5, 0.6) is 5.75 Å². The molecule has 0 fully saturated rings. The molecular formula is C31H25ClI2N2O4S. The monoisotopic (exact) mass is 810 g/mol. The molecule has 4 aromatic rings. The Morgan fingerprint density at radius 3 is 2.49 bits per heavy atom. The minimum atomic E-state index is -0.648. The van der Waals surface area contributed by atoms with Gasteiger partial charge in [-0.2, -0.15) is 0 Å². The van der Waals surface area contributed by atoms with E-state index in [0.29, 0.717) is 38.0 Å². The highest BCUT2D eigenvalue weighted by atomic mass is 127. The van der Waals surface area contributed by atoms with E-state index in [1.807, 2.05) is 73.7 Å². The van der Waals surface area contributed by atoms with Crippen LogP contribution in [0.4, 0.5) is 0 Å². The van der Waals surface area contributed by atoms with E-state index < -0.39 is 12.0 Å². The normalized spacial score (nSPS) is 15.0. The van der Waals surface area contributed by atoms with Crippen molar-refractivity contribution in [3.8, 4) is 5.75 Å². The van der Waals surface area contributed by atoms with Gasteiger partial charge in [-0.1, -0.05) is 64.9 Å². The summed E-state index contributed by atoms with van der Waals surface area (Å²) in [5.41, 5.74) is 4.34. The molecule has 0 N–H and O–H groups in total. The summed E-state index contributed by atoms with van der Waals surface area (Å²) >= 11 is 11.8. The number of rotatable bonds is 7. The molecule has 0 saturated heterocycles. The Morgan fingerprint density at radius 1 is 1.10 bits per heavy atom. The van der Waals surface area contributed by atoms with Crippen molar-refractivity contribution >= 4 is 80.2 Å². The highest BCUT2D eigenvalue weighted by Crippen LogP contribution is 2.32. The third-order valence-corrected chi connectivity index (χ3v) is 9.19. The Kier molecular flexibility index (Phi) is 9.37. The number of nitrogens with zero attached hydrogens (tertiary/aromatic N) is 2. The Labute approximate surface area is 273 Å². The zero-order valence-corrected chi connectivity index (χ0v) is 28.3. The summed E-state index contributed by atoms with van der Waals surface area (Å²) < 4.78 is 15.7. The second-order valence-corrected chi connectivity index (χ2v) is 13.3. The molecule has 5 rings (SSSR count). The van der Waals surface area contributed by atoms with E-state index in [0.717, 1.165) is 29.4 Å². The maximum atomic E-state index is 14.0. The summed E-state index contributed by atoms with van der Waals surface area (Å²) in [5, 5.41) is 0.666. The second-order valence-electron chi connectivity index (χ2n) is 9.43. The molecule has 3 aromatic carbocycles. The molecule has 1 aliphatic heterocycles. The van der Waals surface area contributed by atoms with Gasteiger partial charge in [0.05, 0.1) is 32.0 Å². The Hall–Kier alpha value is -2.48. The van der Waals surface area contributed by atoms with E-state index in [1.165, 1.54) is 11.3 Å². The maximum Gasteiger partial charge on any atom is 0.338 e. The van der Waals surface area contributed by atoms with Crippen LogP contribution in [-0.2, 0) is 16.1 Å². The van der Waals surface area contributed by atoms with Crippen molar-refractivity contribution in [3.63, 3.8) is 0 Å². The van der Waals surface area contributed by atoms with Gasteiger partial charge in [0.25, 0.3) is 5.56 Å². The average Bonchev–Trinajstić information content (AvgIpc) is 3.23. The first-order valence-electron chi connectivity index (χ1n) is 12.8. The molecular weight excluding hydrogens is 786 g/mol. The fourth-order valence-corrected chi connectivity index (χ4v) is 7.78. The number of esters is 1. The number of aromatic nitrogens is 1. The summed E-state index contributed by atoms with van der Waals surface area (Å²) in [6.07, 6.45) is 1.85. The van der Waals surface area contributed by atoms with Crippen molar-refractivity contribution in [1.82, 2.24) is 4.57 Å². The molecule has 1 atom stereocenters. The fraction of sp³-hybridized carbons (Fsp3) is 0.194. The molecule has 0 bridgehead atoms. The van der Waals surface area contributed by atoms with Gasteiger partial charge in [-0.15, -0.1) is 0 Å². The van der Waals surface area contributed by atoms with Gasteiger partial charge < -0.3 is 9.47 Å². The van der Waals surface area contributed by atoms with Gasteiger partial charge in [0.15, 0.2) is 4.80 Å². The fourth-order valence-electron chi connectivity index (χ4n) is 4.57. The molecule has 1 aliphatic rings. The van der Waals surface area contributed by atoms with Crippen molar-refractivity contribution < 1.29 is 14.3 Å². The number of fused-ring (bicyclic) bond motifs is 1. The Balaban J connectivity index is 1.64. The van der Waals surface area contributed by atoms with E-state index in [-0.39, 0.29) is 12.2 Å². The number of carbonyl (C=O) groups is 1. The quantitative estimate of drug-likeness (QED) is 0.157. The van der Waals surface area contributed by atoms with E-state index in [2.05, 4.69) is 50.2 Å². The SMILES string of the molecule is CCOC(=O)C1=C(C)N=c2s/c(=C\c3cc(I)cc(I)c3OCc3ccc(Cl)cc3)c(=O)n2[C@@H]1c1ccc(C)cc1. The summed E-state index contributed by atoms with van der Waals surface area (Å²) in [7, 11) is 0. The summed E-state index contributed by atoms with van der Waals surface area (Å²) in [6, 6.07) is 18.7. The van der Waals surface area contributed by atoms with Crippen molar-refractivity contribution in [3.05, 3.63) is 126 Å². The number of aryl methyl sites for hydroxylation is 1. The molecule has 0 radical (unpaired) electrons. The van der Waals surface area contributed by atoms with Gasteiger partial charge in [0.1, 0.15) is 12.4 Å². The number of halogens is 3. The molecule has 2 heterocycles. The van der Waals surface area contributed by atoms with Gasteiger partial charge >= 0.3 is 5.97 Å². The highest BCUT2D eigenvalue weighted by molar-refractivity contribution is 14.1. The smallest absolute Gasteiger partial charge is 0.338 e. The predicted octanol–water partition coefficient (Wildman–Crippen LogP) is 6.55. The van der Waals surface area contributed by atoms with Crippen molar-refractivity contribution in [1.29, 1.82) is 0 Å². The van der Waals surface area contributed by atoms with Crippen LogP contribution in [0, 0.1) is 14.1 Å². The van der Waals surface area contributed by atoms with Gasteiger partial charge in [0.2, 0.25) is 0 Å². The molecule has 0 unspecified atom stereocenters. The standard InChI is InChI=1S/C31H25ClI2N2O4S/c1-4-39-30(38)26-18(3)35-31-36(27(26)20-9-5-17(2)6-10-20)29(37)25(41-31)14-21-13-23(33)15-24(34)28(21)40-16-19-7-11-22(32)12-8-19/h5-15,27H,4,16H2,1-3H3/b25-14-/t27-/m1/s1. The third-order valence-electron chi connectivity index (χ3n) is 6.53. The van der Waals surface area contributed by atoms with Crippen molar-refractivity contribution in [2.45, 2.75) is 33.4 Å². The molecule has 0 saturated carbocycles. The number of allylic oxidation sites excluding steroid dienone is 1. The lowest BCUT2D eigenvalue weighted by atomic mass is 9.95. The number of carbonyl (C=O) groups excluding carboxylic acids is 1. The van der Waals surface area contributed by atoms with Crippen molar-refractivity contribution in [2.24, 2.45) is 4.99 Å². The lowest BCUT2D eigenvalue weighted by Gasteiger charge is -2.24. The molecule has 0 amide bonds. The van der Waals surface area contributed by atoms with Gasteiger partial charge in [-0.3, -0.25) is 9.36 Å². The van der Waals surface area contributed by atoms with E-state index >= 15 is 0 Å². The number of ether oxygens (including phenoxy) is 2. The van der Waals surface area contributed by atoms with E-state index in [1.54, 1.807) is 18.4 Å². The van der Waals surface area contributed by atoms with Crippen LogP contribution in [-0.4, -0.2) is 17.1 Å². The van der Waals surface area contributed by atoms with Crippen molar-refractivity contribution in [2.75, 3.05) is 6.61 Å². The lowest BCUT2D eigenvalue weighted by Crippen LogP contribution is -2.39. The first-order valence-corrected chi connectivity index (χ1v) is 16.1. The largest absolute Gasteiger partial charge is 0.487 e. The van der Waals surface area contributed by atoms with Crippen LogP contribution in [0.25, 0.3) is 6.08 Å². The highest BCUT2D eigenvalue weighted by Gasteiger charge is 2.33. The maximum absolute atomic E-state index is 14.0. The van der Waals surface area contributed by atoms with Crippen LogP contribution >= 0.6 is 68.1 Å². The number of hydrogen-bond donors (Lipinski definition) is 0. The summed E-state index contributed by atoms with van der Waals surface area (Å²) in [6.45, 7) is 6.13. The first-order chi connectivity index (χ1) is 19.7. The predicted molar refractivity (Wildman–Crippen MR) is 179 cm³/mol. The van der Waals surface area contributed by atoms with Crippen LogP contribution in [0.2, 0.25) is 5.02 Å². The van der Waals surface area contributed by atoms with Gasteiger partial charge in [-0.05, 0) is 107 Å². The summed E-state index contributed by atoms with van der Waals surface area (Å²) in [4.78, 5) is 32.4. The number of benzene rings is 3. The van der Waals surface area contributed by atoms with Crippen LogP contribution in [0.3, 0.4) is 0 Å². The first kappa shape index (κ1) is 30.0. The minimum Gasteiger partial charge on any atom is -0.487 e. The number of hydrogen-bond acceptors (Lipinski definition) is 6. The molecule has 6 nitrogen and oxygen atoms in total. The molecule has 210 valence electrons. The van der Waals surface area contributed by atoms with E-state index in [9.17, 15) is 9.59 Å². The Morgan fingerprint density at radius 2 is 1.80 bits per heavy atom. The average molecular weight is 811 g/mol. The molecule has 1 aromatic heterocycles. The van der Waals surface area contributed by atoms with Crippen LogP contribution < -0.4 is 19.6 Å². The number of thiazole rings is 1. The zero-order valence-electron chi connectivity index (χ0n) is 22.4. The van der Waals surface area contributed by atoms with Gasteiger partial charge in [0, 0.05) is 14.2 Å². The van der Waals surface area contributed by atoms with Gasteiger partial charge in [-0.25, -0.2) is 9.79 Å². The molecule has 0 spiro atoms. The minimum absolute atomic E-state index is 0.227. The molecule has 0 aliphatic carbocycles. The zero-order chi connectivity index (χ0) is 29.3. The van der Waals surface area contributed by atoms with E-state index in [4.69, 9.17) is 21.1 Å². The topological polar surface area (TPSA) is 69.9 Å². The molecule has 10 heteroatoms. The van der Waals surface area contributed by atoms with Crippen LogP contribution in [0.15, 0.2) is 81.7 Å². The Bertz CT molecular complexity index is 1850. The lowest BCUT2D eigenvalue weighted by molar-refractivity contribution is -0.139. The molecule has 41 heavy (non-hydrogen) atoms. The second kappa shape index (κ2) is 12.8. The summed E-state index contributed by atoms with van der Waals surface area (Å²) in [5.74, 6) is 0.212.